The van der Waals surface area contributed by atoms with Crippen LogP contribution in [0.15, 0.2) is 48.5 Å². The Hall–Kier alpha value is -2.66. The molecule has 0 aromatic heterocycles. The lowest BCUT2D eigenvalue weighted by atomic mass is 9.81. The number of esters is 1. The molecule has 2 aromatic rings. The number of benzene rings is 2. The monoisotopic (exact) mass is 367 g/mol. The summed E-state index contributed by atoms with van der Waals surface area (Å²) in [6.07, 6.45) is 0.979. The molecule has 0 aliphatic heterocycles. The summed E-state index contributed by atoms with van der Waals surface area (Å²) in [4.78, 5) is 24.5. The minimum atomic E-state index is -2.03. The standard InChI is InChI=1S/C22H25NO4/c1-3-14(4-2)22(23,20(24)25)21(26)27-13-19-17-11-7-5-9-15(17)16-10-6-8-12-18(16)19/h5-12,14,19H,3-4,13,23H2,1-2H3,(H,24,25). The van der Waals surface area contributed by atoms with Gasteiger partial charge in [0.15, 0.2) is 0 Å². The number of aliphatic carboxylic acids is 1. The number of carbonyl (C=O) groups excluding carboxylic acids is 1. The normalized spacial score (nSPS) is 15.1. The van der Waals surface area contributed by atoms with Crippen molar-refractivity contribution in [1.29, 1.82) is 0 Å². The number of nitrogens with two attached hydrogens (primary N) is 1. The zero-order valence-electron chi connectivity index (χ0n) is 15.6. The second-order valence-electron chi connectivity index (χ2n) is 7.01. The molecule has 0 bridgehead atoms. The number of hydrogen-bond acceptors (Lipinski definition) is 4. The summed E-state index contributed by atoms with van der Waals surface area (Å²) in [5.74, 6) is -2.81. The van der Waals surface area contributed by atoms with Crippen LogP contribution >= 0.6 is 0 Å². The summed E-state index contributed by atoms with van der Waals surface area (Å²) < 4.78 is 5.51. The molecule has 0 fully saturated rings. The minimum Gasteiger partial charge on any atom is -0.479 e. The number of carbonyl (C=O) groups is 2. The molecule has 5 heteroatoms. The third-order valence-corrected chi connectivity index (χ3v) is 5.66. The second kappa shape index (κ2) is 7.53. The maximum absolute atomic E-state index is 12.7. The van der Waals surface area contributed by atoms with Gasteiger partial charge in [-0.25, -0.2) is 9.59 Å². The summed E-state index contributed by atoms with van der Waals surface area (Å²) in [5.41, 5.74) is 8.41. The van der Waals surface area contributed by atoms with Gasteiger partial charge >= 0.3 is 11.9 Å². The molecule has 1 aliphatic carbocycles. The van der Waals surface area contributed by atoms with E-state index in [0.29, 0.717) is 12.8 Å². The van der Waals surface area contributed by atoms with Crippen LogP contribution < -0.4 is 5.73 Å². The van der Waals surface area contributed by atoms with Crippen molar-refractivity contribution < 1.29 is 19.4 Å². The highest BCUT2D eigenvalue weighted by Crippen LogP contribution is 2.44. The SMILES string of the molecule is CCC(CC)C(N)(C(=O)O)C(=O)OCC1c2ccccc2-c2ccccc21. The maximum atomic E-state index is 12.7. The first-order valence-corrected chi connectivity index (χ1v) is 9.32. The first-order valence-electron chi connectivity index (χ1n) is 9.32. The lowest BCUT2D eigenvalue weighted by Crippen LogP contribution is -2.61. The minimum absolute atomic E-state index is 0.0687. The first kappa shape index (κ1) is 19.1. The van der Waals surface area contributed by atoms with E-state index in [1.165, 1.54) is 0 Å². The molecule has 1 aliphatic rings. The average molecular weight is 367 g/mol. The van der Waals surface area contributed by atoms with Gasteiger partial charge in [-0.15, -0.1) is 0 Å². The van der Waals surface area contributed by atoms with Crippen LogP contribution in [-0.4, -0.2) is 29.2 Å². The number of carboxylic acid groups (broad SMARTS) is 1. The highest BCUT2D eigenvalue weighted by Gasteiger charge is 2.49. The van der Waals surface area contributed by atoms with Crippen LogP contribution in [0.25, 0.3) is 11.1 Å². The Labute approximate surface area is 159 Å². The quantitative estimate of drug-likeness (QED) is 0.577. The Morgan fingerprint density at radius 3 is 1.96 bits per heavy atom. The van der Waals surface area contributed by atoms with Crippen molar-refractivity contribution in [2.75, 3.05) is 6.61 Å². The van der Waals surface area contributed by atoms with Gasteiger partial charge < -0.3 is 15.6 Å². The van der Waals surface area contributed by atoms with Gasteiger partial charge in [-0.1, -0.05) is 75.2 Å². The molecule has 0 saturated heterocycles. The van der Waals surface area contributed by atoms with E-state index in [1.54, 1.807) is 0 Å². The van der Waals surface area contributed by atoms with Crippen molar-refractivity contribution in [3.63, 3.8) is 0 Å². The largest absolute Gasteiger partial charge is 0.479 e. The Bertz CT molecular complexity index is 813. The Morgan fingerprint density at radius 1 is 1.04 bits per heavy atom. The van der Waals surface area contributed by atoms with Crippen molar-refractivity contribution in [2.24, 2.45) is 11.7 Å². The van der Waals surface area contributed by atoms with Crippen LogP contribution in [0.4, 0.5) is 0 Å². The lowest BCUT2D eigenvalue weighted by Gasteiger charge is -2.30. The molecular weight excluding hydrogens is 342 g/mol. The third-order valence-electron chi connectivity index (χ3n) is 5.66. The van der Waals surface area contributed by atoms with E-state index in [2.05, 4.69) is 0 Å². The van der Waals surface area contributed by atoms with Gasteiger partial charge in [0, 0.05) is 5.92 Å². The van der Waals surface area contributed by atoms with Gasteiger partial charge in [0.05, 0.1) is 0 Å². The van der Waals surface area contributed by atoms with Gasteiger partial charge in [-0.2, -0.15) is 0 Å². The molecule has 0 radical (unpaired) electrons. The van der Waals surface area contributed by atoms with Crippen LogP contribution in [-0.2, 0) is 14.3 Å². The van der Waals surface area contributed by atoms with E-state index in [4.69, 9.17) is 10.5 Å². The molecule has 0 amide bonds. The van der Waals surface area contributed by atoms with Gasteiger partial charge in [0.1, 0.15) is 6.61 Å². The fraction of sp³-hybridized carbons (Fsp3) is 0.364. The number of rotatable bonds is 7. The van der Waals surface area contributed by atoms with E-state index in [0.717, 1.165) is 22.3 Å². The summed E-state index contributed by atoms with van der Waals surface area (Å²) in [5, 5.41) is 9.62. The number of carboxylic acids is 1. The Kier molecular flexibility index (Phi) is 5.33. The molecular formula is C22H25NO4. The molecule has 5 nitrogen and oxygen atoms in total. The van der Waals surface area contributed by atoms with E-state index in [1.807, 2.05) is 62.4 Å². The number of hydrogen-bond donors (Lipinski definition) is 2. The molecule has 142 valence electrons. The van der Waals surface area contributed by atoms with Gasteiger partial charge in [0.25, 0.3) is 0 Å². The fourth-order valence-corrected chi connectivity index (χ4v) is 4.08. The summed E-state index contributed by atoms with van der Waals surface area (Å²) >= 11 is 0. The second-order valence-corrected chi connectivity index (χ2v) is 7.01. The number of ether oxygens (including phenoxy) is 1. The molecule has 1 atom stereocenters. The third kappa shape index (κ3) is 3.12. The van der Waals surface area contributed by atoms with E-state index >= 15 is 0 Å². The molecule has 0 spiro atoms. The van der Waals surface area contributed by atoms with E-state index in [9.17, 15) is 14.7 Å². The predicted octanol–water partition coefficient (Wildman–Crippen LogP) is 3.56. The highest BCUT2D eigenvalue weighted by molar-refractivity contribution is 6.04. The molecule has 3 rings (SSSR count). The smallest absolute Gasteiger partial charge is 0.338 e. The average Bonchev–Trinajstić information content (AvgIpc) is 3.00. The maximum Gasteiger partial charge on any atom is 0.338 e. The van der Waals surface area contributed by atoms with Crippen molar-refractivity contribution in [3.8, 4) is 11.1 Å². The van der Waals surface area contributed by atoms with Crippen LogP contribution in [0, 0.1) is 5.92 Å². The zero-order chi connectivity index (χ0) is 19.6. The molecule has 3 N–H and O–H groups in total. The molecule has 0 saturated carbocycles. The van der Waals surface area contributed by atoms with Crippen molar-refractivity contribution >= 4 is 11.9 Å². The Balaban J connectivity index is 1.86. The number of fused-ring (bicyclic) bond motifs is 3. The summed E-state index contributed by atoms with van der Waals surface area (Å²) in [7, 11) is 0. The van der Waals surface area contributed by atoms with Crippen LogP contribution in [0.1, 0.15) is 43.7 Å². The van der Waals surface area contributed by atoms with Crippen molar-refractivity contribution in [1.82, 2.24) is 0 Å². The molecule has 1 unspecified atom stereocenters. The van der Waals surface area contributed by atoms with Crippen LogP contribution in [0.5, 0.6) is 0 Å². The summed E-state index contributed by atoms with van der Waals surface area (Å²) in [6.45, 7) is 3.73. The van der Waals surface area contributed by atoms with Crippen LogP contribution in [0.2, 0.25) is 0 Å². The topological polar surface area (TPSA) is 89.6 Å². The van der Waals surface area contributed by atoms with Gasteiger partial charge in [-0.3, -0.25) is 0 Å². The zero-order valence-corrected chi connectivity index (χ0v) is 15.6. The predicted molar refractivity (Wildman–Crippen MR) is 103 cm³/mol. The Morgan fingerprint density at radius 2 is 1.52 bits per heavy atom. The molecule has 2 aromatic carbocycles. The van der Waals surface area contributed by atoms with Gasteiger partial charge in [-0.05, 0) is 28.2 Å². The fourth-order valence-electron chi connectivity index (χ4n) is 4.08. The highest BCUT2D eigenvalue weighted by atomic mass is 16.5. The van der Waals surface area contributed by atoms with E-state index < -0.39 is 23.4 Å². The molecule has 27 heavy (non-hydrogen) atoms. The van der Waals surface area contributed by atoms with Crippen molar-refractivity contribution in [3.05, 3.63) is 59.7 Å². The summed E-state index contributed by atoms with van der Waals surface area (Å²) in [6, 6.07) is 16.0. The molecule has 0 heterocycles. The lowest BCUT2D eigenvalue weighted by molar-refractivity contribution is -0.164. The van der Waals surface area contributed by atoms with Crippen molar-refractivity contribution in [2.45, 2.75) is 38.1 Å². The first-order chi connectivity index (χ1) is 12.9. The van der Waals surface area contributed by atoms with Gasteiger partial charge in [0.2, 0.25) is 5.54 Å². The van der Waals surface area contributed by atoms with Crippen LogP contribution in [0.3, 0.4) is 0 Å². The van der Waals surface area contributed by atoms with E-state index in [-0.39, 0.29) is 12.5 Å².